The fourth-order valence-corrected chi connectivity index (χ4v) is 3.76. The van der Waals surface area contributed by atoms with E-state index in [1.807, 2.05) is 35.8 Å². The molecule has 2 amide bonds. The van der Waals surface area contributed by atoms with Gasteiger partial charge in [0, 0.05) is 47.2 Å². The van der Waals surface area contributed by atoms with Crippen molar-refractivity contribution in [3.05, 3.63) is 34.4 Å². The molecule has 0 bridgehead atoms. The lowest BCUT2D eigenvalue weighted by atomic mass is 10.2. The van der Waals surface area contributed by atoms with Crippen molar-refractivity contribution in [3.8, 4) is 0 Å². The van der Waals surface area contributed by atoms with Crippen LogP contribution in [0.5, 0.6) is 0 Å². The number of rotatable bonds is 7. The van der Waals surface area contributed by atoms with E-state index in [9.17, 15) is 9.59 Å². The van der Waals surface area contributed by atoms with Gasteiger partial charge in [-0.25, -0.2) is 0 Å². The van der Waals surface area contributed by atoms with Crippen molar-refractivity contribution >= 4 is 38.6 Å². The van der Waals surface area contributed by atoms with Gasteiger partial charge in [0.1, 0.15) is 6.54 Å². The average molecular weight is 437 g/mol. The Bertz CT molecular complexity index is 815. The van der Waals surface area contributed by atoms with Gasteiger partial charge in [-0.1, -0.05) is 18.2 Å². The van der Waals surface area contributed by atoms with Crippen LogP contribution >= 0.6 is 15.9 Å². The average Bonchev–Trinajstić information content (AvgIpc) is 2.92. The topological polar surface area (TPSA) is 75.6 Å². The van der Waals surface area contributed by atoms with E-state index in [0.717, 1.165) is 53.9 Å². The van der Waals surface area contributed by atoms with Crippen LogP contribution in [0.25, 0.3) is 10.9 Å². The largest absolute Gasteiger partial charge is 0.379 e. The van der Waals surface area contributed by atoms with Crippen molar-refractivity contribution in [3.63, 3.8) is 0 Å². The van der Waals surface area contributed by atoms with Crippen LogP contribution < -0.4 is 10.6 Å². The fraction of sp³-hybridized carbons (Fsp3) is 0.474. The van der Waals surface area contributed by atoms with Crippen molar-refractivity contribution in [2.24, 2.45) is 0 Å². The van der Waals surface area contributed by atoms with Gasteiger partial charge in [-0.15, -0.1) is 0 Å². The molecule has 0 aliphatic carbocycles. The van der Waals surface area contributed by atoms with E-state index in [1.54, 1.807) is 0 Å². The Labute approximate surface area is 167 Å². The minimum atomic E-state index is -0.185. The van der Waals surface area contributed by atoms with Gasteiger partial charge in [0.15, 0.2) is 0 Å². The maximum atomic E-state index is 12.3. The first-order chi connectivity index (χ1) is 13.1. The highest BCUT2D eigenvalue weighted by molar-refractivity contribution is 9.10. The highest BCUT2D eigenvalue weighted by Gasteiger charge is 2.15. The minimum Gasteiger partial charge on any atom is -0.379 e. The second kappa shape index (κ2) is 9.34. The summed E-state index contributed by atoms with van der Waals surface area (Å²) >= 11 is 3.59. The molecule has 2 N–H and O–H groups in total. The van der Waals surface area contributed by atoms with Gasteiger partial charge in [-0.05, 0) is 28.9 Å². The van der Waals surface area contributed by atoms with Crippen molar-refractivity contribution in [2.75, 3.05) is 45.9 Å². The quantitative estimate of drug-likeness (QED) is 0.685. The molecule has 7 nitrogen and oxygen atoms in total. The first kappa shape index (κ1) is 19.9. The third kappa shape index (κ3) is 5.09. The molecule has 1 aliphatic heterocycles. The SMILES string of the molecule is Cc1c(Br)c2ccccc2n1CC(=O)NCC(=O)NCCN1CCOCC1. The molecule has 0 saturated carbocycles. The number of fused-ring (bicyclic) bond motifs is 1. The Morgan fingerprint density at radius 2 is 1.89 bits per heavy atom. The van der Waals surface area contributed by atoms with E-state index in [1.165, 1.54) is 0 Å². The number of nitrogens with one attached hydrogen (secondary N) is 2. The molecule has 1 aromatic carbocycles. The first-order valence-corrected chi connectivity index (χ1v) is 9.92. The summed E-state index contributed by atoms with van der Waals surface area (Å²) in [5, 5.41) is 6.62. The normalized spacial score (nSPS) is 15.0. The fourth-order valence-electron chi connectivity index (χ4n) is 3.21. The summed E-state index contributed by atoms with van der Waals surface area (Å²) in [6, 6.07) is 7.92. The zero-order valence-electron chi connectivity index (χ0n) is 15.5. The molecule has 0 unspecified atom stereocenters. The van der Waals surface area contributed by atoms with Gasteiger partial charge in [0.25, 0.3) is 0 Å². The summed E-state index contributed by atoms with van der Waals surface area (Å²) in [7, 11) is 0. The standard InChI is InChI=1S/C19H25BrN4O3/c1-14-19(20)15-4-2-3-5-16(15)24(14)13-18(26)22-12-17(25)21-6-7-23-8-10-27-11-9-23/h2-5H,6-13H2,1H3,(H,21,25)(H,22,26). The van der Waals surface area contributed by atoms with Gasteiger partial charge in [-0.3, -0.25) is 14.5 Å². The van der Waals surface area contributed by atoms with Crippen LogP contribution in [0.4, 0.5) is 0 Å². The molecular formula is C19H25BrN4O3. The number of hydrogen-bond acceptors (Lipinski definition) is 4. The predicted molar refractivity (Wildman–Crippen MR) is 108 cm³/mol. The third-order valence-corrected chi connectivity index (χ3v) is 5.76. The van der Waals surface area contributed by atoms with Gasteiger partial charge < -0.3 is 19.9 Å². The summed E-state index contributed by atoms with van der Waals surface area (Å²) in [4.78, 5) is 26.5. The number of carbonyl (C=O) groups is 2. The van der Waals surface area contributed by atoms with Crippen LogP contribution in [-0.4, -0.2) is 67.2 Å². The Balaban J connectivity index is 1.44. The Kier molecular flexibility index (Phi) is 6.87. The summed E-state index contributed by atoms with van der Waals surface area (Å²) < 4.78 is 8.24. The molecule has 8 heteroatoms. The van der Waals surface area contributed by atoms with E-state index < -0.39 is 0 Å². The van der Waals surface area contributed by atoms with E-state index in [0.29, 0.717) is 6.54 Å². The van der Waals surface area contributed by atoms with Crippen molar-refractivity contribution in [1.29, 1.82) is 0 Å². The monoisotopic (exact) mass is 436 g/mol. The van der Waals surface area contributed by atoms with E-state index in [2.05, 4.69) is 31.5 Å². The number of hydrogen-bond donors (Lipinski definition) is 2. The van der Waals surface area contributed by atoms with Gasteiger partial charge in [-0.2, -0.15) is 0 Å². The molecule has 0 radical (unpaired) electrons. The molecular weight excluding hydrogens is 412 g/mol. The van der Waals surface area contributed by atoms with E-state index in [4.69, 9.17) is 4.74 Å². The van der Waals surface area contributed by atoms with Crippen LogP contribution in [0, 0.1) is 6.92 Å². The number of amides is 2. The number of benzene rings is 1. The zero-order valence-corrected chi connectivity index (χ0v) is 17.0. The second-order valence-corrected chi connectivity index (χ2v) is 7.38. The van der Waals surface area contributed by atoms with Crippen molar-refractivity contribution in [1.82, 2.24) is 20.1 Å². The lowest BCUT2D eigenvalue weighted by molar-refractivity contribution is -0.126. The lowest BCUT2D eigenvalue weighted by Crippen LogP contribution is -2.43. The molecule has 27 heavy (non-hydrogen) atoms. The second-order valence-electron chi connectivity index (χ2n) is 6.58. The van der Waals surface area contributed by atoms with Crippen LogP contribution in [0.15, 0.2) is 28.7 Å². The molecule has 0 atom stereocenters. The molecule has 3 rings (SSSR count). The number of para-hydroxylation sites is 1. The lowest BCUT2D eigenvalue weighted by Gasteiger charge is -2.26. The van der Waals surface area contributed by atoms with Crippen LogP contribution in [-0.2, 0) is 20.9 Å². The minimum absolute atomic E-state index is 0.0125. The van der Waals surface area contributed by atoms with Crippen LogP contribution in [0.1, 0.15) is 5.69 Å². The third-order valence-electron chi connectivity index (χ3n) is 4.76. The number of carbonyl (C=O) groups excluding carboxylic acids is 2. The number of nitrogens with zero attached hydrogens (tertiary/aromatic N) is 2. The number of halogens is 1. The van der Waals surface area contributed by atoms with Crippen molar-refractivity contribution in [2.45, 2.75) is 13.5 Å². The van der Waals surface area contributed by atoms with E-state index in [-0.39, 0.29) is 24.9 Å². The van der Waals surface area contributed by atoms with E-state index >= 15 is 0 Å². The van der Waals surface area contributed by atoms with Crippen LogP contribution in [0.2, 0.25) is 0 Å². The smallest absolute Gasteiger partial charge is 0.240 e. The Morgan fingerprint density at radius 1 is 1.15 bits per heavy atom. The Hall–Kier alpha value is -1.90. The molecule has 1 aliphatic rings. The maximum Gasteiger partial charge on any atom is 0.240 e. The summed E-state index contributed by atoms with van der Waals surface area (Å²) in [6.07, 6.45) is 0. The molecule has 1 aromatic heterocycles. The van der Waals surface area contributed by atoms with Crippen molar-refractivity contribution < 1.29 is 14.3 Å². The molecule has 1 saturated heterocycles. The highest BCUT2D eigenvalue weighted by Crippen LogP contribution is 2.30. The van der Waals surface area contributed by atoms with Crippen LogP contribution in [0.3, 0.4) is 0 Å². The predicted octanol–water partition coefficient (Wildman–Crippen LogP) is 1.28. The highest BCUT2D eigenvalue weighted by atomic mass is 79.9. The maximum absolute atomic E-state index is 12.3. The van der Waals surface area contributed by atoms with Gasteiger partial charge >= 0.3 is 0 Å². The van der Waals surface area contributed by atoms with Gasteiger partial charge in [0.05, 0.1) is 19.8 Å². The Morgan fingerprint density at radius 3 is 2.67 bits per heavy atom. The summed E-state index contributed by atoms with van der Waals surface area (Å²) in [6.45, 7) is 6.78. The molecule has 1 fully saturated rings. The molecule has 2 heterocycles. The number of aromatic nitrogens is 1. The summed E-state index contributed by atoms with van der Waals surface area (Å²) in [5.74, 6) is -0.360. The molecule has 0 spiro atoms. The zero-order chi connectivity index (χ0) is 19.2. The molecule has 146 valence electrons. The summed E-state index contributed by atoms with van der Waals surface area (Å²) in [5.41, 5.74) is 1.98. The number of morpholine rings is 1. The molecule has 2 aromatic rings. The van der Waals surface area contributed by atoms with Gasteiger partial charge in [0.2, 0.25) is 11.8 Å². The number of ether oxygens (including phenoxy) is 1. The first-order valence-electron chi connectivity index (χ1n) is 9.13.